The van der Waals surface area contributed by atoms with Crippen LogP contribution in [0.3, 0.4) is 0 Å². The number of aliphatic hydroxyl groups is 2. The van der Waals surface area contributed by atoms with Crippen LogP contribution in [-0.4, -0.2) is 51.3 Å². The highest BCUT2D eigenvalue weighted by Crippen LogP contribution is 2.24. The zero-order valence-electron chi connectivity index (χ0n) is 12.0. The Morgan fingerprint density at radius 3 is 2.35 bits per heavy atom. The molecule has 1 aliphatic rings. The van der Waals surface area contributed by atoms with Crippen LogP contribution in [0.15, 0.2) is 12.1 Å². The first-order valence-corrected chi connectivity index (χ1v) is 6.62. The Morgan fingerprint density at radius 2 is 1.85 bits per heavy atom. The molecule has 0 bridgehead atoms. The van der Waals surface area contributed by atoms with Crippen molar-refractivity contribution in [2.24, 2.45) is 0 Å². The van der Waals surface area contributed by atoms with Crippen LogP contribution in [0.25, 0.3) is 0 Å². The second kappa shape index (κ2) is 5.03. The molecule has 0 aromatic carbocycles. The van der Waals surface area contributed by atoms with Gasteiger partial charge in [0.15, 0.2) is 0 Å². The Labute approximate surface area is 118 Å². The molecule has 2 atom stereocenters. The summed E-state index contributed by atoms with van der Waals surface area (Å²) in [6, 6.07) is 3.24. The van der Waals surface area contributed by atoms with E-state index >= 15 is 0 Å². The van der Waals surface area contributed by atoms with Gasteiger partial charge in [-0.15, -0.1) is 0 Å². The Hall–Kier alpha value is -1.66. The molecule has 6 nitrogen and oxygen atoms in total. The fourth-order valence-electron chi connectivity index (χ4n) is 2.18. The van der Waals surface area contributed by atoms with Crippen LogP contribution >= 0.6 is 0 Å². The van der Waals surface area contributed by atoms with Gasteiger partial charge in [-0.2, -0.15) is 0 Å². The molecule has 2 unspecified atom stereocenters. The molecular formula is C14H21N3O3. The van der Waals surface area contributed by atoms with Gasteiger partial charge in [0.05, 0.1) is 12.2 Å². The van der Waals surface area contributed by atoms with Gasteiger partial charge in [0.2, 0.25) is 0 Å². The summed E-state index contributed by atoms with van der Waals surface area (Å²) >= 11 is 0. The largest absolute Gasteiger partial charge is 0.388 e. The third kappa shape index (κ3) is 2.91. The zero-order chi connectivity index (χ0) is 15.1. The molecule has 1 aromatic rings. The lowest BCUT2D eigenvalue weighted by atomic mass is 9.90. The van der Waals surface area contributed by atoms with Crippen molar-refractivity contribution >= 4 is 11.7 Å². The van der Waals surface area contributed by atoms with Crippen molar-refractivity contribution in [1.29, 1.82) is 0 Å². The van der Waals surface area contributed by atoms with Crippen LogP contribution < -0.4 is 5.73 Å². The Kier molecular flexibility index (Phi) is 3.71. The maximum absolute atomic E-state index is 12.4. The second-order valence-corrected chi connectivity index (χ2v) is 6.26. The van der Waals surface area contributed by atoms with E-state index in [2.05, 4.69) is 4.98 Å². The minimum Gasteiger partial charge on any atom is -0.388 e. The first kappa shape index (κ1) is 14.7. The minimum atomic E-state index is -0.889. The van der Waals surface area contributed by atoms with E-state index in [1.54, 1.807) is 6.07 Å². The number of pyridine rings is 1. The molecule has 1 saturated heterocycles. The van der Waals surface area contributed by atoms with Gasteiger partial charge in [0.1, 0.15) is 5.82 Å². The number of anilines is 1. The molecule has 0 spiro atoms. The van der Waals surface area contributed by atoms with Gasteiger partial charge in [-0.25, -0.2) is 4.98 Å². The molecule has 6 heteroatoms. The van der Waals surface area contributed by atoms with Crippen molar-refractivity contribution in [2.75, 3.05) is 18.8 Å². The first-order chi connectivity index (χ1) is 9.18. The number of β-amino-alcohol motifs (C(OH)–C–C–N with tert-alkyl or cyclic N) is 2. The number of rotatable bonds is 1. The smallest absolute Gasteiger partial charge is 0.254 e. The maximum atomic E-state index is 12.4. The van der Waals surface area contributed by atoms with Gasteiger partial charge in [0.25, 0.3) is 5.91 Å². The fourth-order valence-corrected chi connectivity index (χ4v) is 2.18. The number of carbonyl (C=O) groups excluding carboxylic acids is 1. The molecule has 2 heterocycles. The summed E-state index contributed by atoms with van der Waals surface area (Å²) in [5, 5.41) is 19.0. The summed E-state index contributed by atoms with van der Waals surface area (Å²) in [5.74, 6) is 0.0428. The lowest BCUT2D eigenvalue weighted by Gasteiger charge is -2.21. The van der Waals surface area contributed by atoms with Crippen molar-refractivity contribution in [3.63, 3.8) is 0 Å². The van der Waals surface area contributed by atoms with Gasteiger partial charge in [0, 0.05) is 29.8 Å². The molecule has 0 saturated carbocycles. The summed E-state index contributed by atoms with van der Waals surface area (Å²) < 4.78 is 0. The lowest BCUT2D eigenvalue weighted by molar-refractivity contribution is 0.0572. The lowest BCUT2D eigenvalue weighted by Crippen LogP contribution is -2.30. The van der Waals surface area contributed by atoms with E-state index in [4.69, 9.17) is 5.73 Å². The van der Waals surface area contributed by atoms with Gasteiger partial charge in [-0.3, -0.25) is 4.79 Å². The molecule has 1 fully saturated rings. The number of nitrogens with zero attached hydrogens (tertiary/aromatic N) is 2. The molecular weight excluding hydrogens is 258 g/mol. The van der Waals surface area contributed by atoms with Gasteiger partial charge in [-0.05, 0) is 12.1 Å². The SMILES string of the molecule is CC(C)(C)c1cc(C(=O)N2CC(O)C(O)C2)cc(N)n1. The fraction of sp³-hybridized carbons (Fsp3) is 0.571. The molecule has 2 rings (SSSR count). The summed E-state index contributed by atoms with van der Waals surface area (Å²) in [4.78, 5) is 18.1. The van der Waals surface area contributed by atoms with E-state index in [0.29, 0.717) is 11.4 Å². The zero-order valence-corrected chi connectivity index (χ0v) is 12.0. The van der Waals surface area contributed by atoms with E-state index in [0.717, 1.165) is 5.69 Å². The number of aromatic nitrogens is 1. The topological polar surface area (TPSA) is 99.7 Å². The molecule has 110 valence electrons. The van der Waals surface area contributed by atoms with Crippen molar-refractivity contribution in [2.45, 2.75) is 38.4 Å². The molecule has 0 radical (unpaired) electrons. The maximum Gasteiger partial charge on any atom is 0.254 e. The second-order valence-electron chi connectivity index (χ2n) is 6.26. The molecule has 20 heavy (non-hydrogen) atoms. The van der Waals surface area contributed by atoms with Gasteiger partial charge >= 0.3 is 0 Å². The molecule has 1 aromatic heterocycles. The third-order valence-electron chi connectivity index (χ3n) is 3.41. The predicted octanol–water partition coefficient (Wildman–Crippen LogP) is 0.139. The highest BCUT2D eigenvalue weighted by atomic mass is 16.3. The molecule has 4 N–H and O–H groups in total. The van der Waals surface area contributed by atoms with Crippen LogP contribution in [0.4, 0.5) is 5.82 Å². The number of nitrogen functional groups attached to an aromatic ring is 1. The minimum absolute atomic E-state index is 0.132. The number of likely N-dealkylation sites (tertiary alicyclic amines) is 1. The Bertz CT molecular complexity index is 515. The van der Waals surface area contributed by atoms with Crippen molar-refractivity contribution in [3.8, 4) is 0 Å². The van der Waals surface area contributed by atoms with Crippen molar-refractivity contribution in [3.05, 3.63) is 23.4 Å². The standard InChI is InChI=1S/C14H21N3O3/c1-14(2,3)11-4-8(5-12(15)16-11)13(20)17-6-9(18)10(19)7-17/h4-5,9-10,18-19H,6-7H2,1-3H3,(H2,15,16). The van der Waals surface area contributed by atoms with E-state index in [9.17, 15) is 15.0 Å². The van der Waals surface area contributed by atoms with Crippen LogP contribution in [0, 0.1) is 0 Å². The molecule has 0 aliphatic carbocycles. The normalized spacial score (nSPS) is 23.1. The average Bonchev–Trinajstić information content (AvgIpc) is 2.67. The quantitative estimate of drug-likeness (QED) is 0.679. The number of carbonyl (C=O) groups is 1. The Balaban J connectivity index is 2.29. The summed E-state index contributed by atoms with van der Waals surface area (Å²) in [5.41, 5.74) is 6.72. The van der Waals surface area contributed by atoms with E-state index < -0.39 is 12.2 Å². The van der Waals surface area contributed by atoms with E-state index in [1.165, 1.54) is 11.0 Å². The van der Waals surface area contributed by atoms with Crippen LogP contribution in [0.5, 0.6) is 0 Å². The molecule has 1 amide bonds. The van der Waals surface area contributed by atoms with E-state index in [-0.39, 0.29) is 24.4 Å². The van der Waals surface area contributed by atoms with Crippen LogP contribution in [-0.2, 0) is 5.41 Å². The van der Waals surface area contributed by atoms with Crippen LogP contribution in [0.2, 0.25) is 0 Å². The summed E-state index contributed by atoms with van der Waals surface area (Å²) in [6.45, 7) is 6.24. The number of hydrogen-bond donors (Lipinski definition) is 3. The number of amides is 1. The summed E-state index contributed by atoms with van der Waals surface area (Å²) in [7, 11) is 0. The van der Waals surface area contributed by atoms with E-state index in [1.807, 2.05) is 20.8 Å². The number of nitrogens with two attached hydrogens (primary N) is 1. The number of hydrogen-bond acceptors (Lipinski definition) is 5. The monoisotopic (exact) mass is 279 g/mol. The average molecular weight is 279 g/mol. The first-order valence-electron chi connectivity index (χ1n) is 6.62. The molecule has 1 aliphatic heterocycles. The third-order valence-corrected chi connectivity index (χ3v) is 3.41. The summed E-state index contributed by atoms with van der Waals surface area (Å²) in [6.07, 6.45) is -1.78. The Morgan fingerprint density at radius 1 is 1.30 bits per heavy atom. The highest BCUT2D eigenvalue weighted by molar-refractivity contribution is 5.95. The van der Waals surface area contributed by atoms with Crippen molar-refractivity contribution < 1.29 is 15.0 Å². The number of aliphatic hydroxyl groups excluding tert-OH is 2. The highest BCUT2D eigenvalue weighted by Gasteiger charge is 2.33. The van der Waals surface area contributed by atoms with Crippen LogP contribution in [0.1, 0.15) is 36.8 Å². The van der Waals surface area contributed by atoms with Gasteiger partial charge in [-0.1, -0.05) is 20.8 Å². The predicted molar refractivity (Wildman–Crippen MR) is 75.3 cm³/mol. The van der Waals surface area contributed by atoms with Gasteiger partial charge < -0.3 is 20.8 Å². The van der Waals surface area contributed by atoms with Crippen molar-refractivity contribution in [1.82, 2.24) is 9.88 Å².